The number of alkyl halides is 3. The molecule has 0 aliphatic heterocycles. The molecule has 0 radical (unpaired) electrons. The molecule has 0 aliphatic carbocycles. The van der Waals surface area contributed by atoms with Crippen LogP contribution in [0, 0.1) is 0 Å². The lowest BCUT2D eigenvalue weighted by atomic mass is 10.2. The van der Waals surface area contributed by atoms with Crippen molar-refractivity contribution in [2.45, 2.75) is 12.7 Å². The lowest BCUT2D eigenvalue weighted by molar-refractivity contribution is -0.137. The molecule has 0 atom stereocenters. The smallest absolute Gasteiger partial charge is 0.325 e. The summed E-state index contributed by atoms with van der Waals surface area (Å²) in [5.41, 5.74) is 4.37. The van der Waals surface area contributed by atoms with E-state index in [2.05, 4.69) is 10.3 Å². The summed E-state index contributed by atoms with van der Waals surface area (Å²) in [6.45, 7) is 0.192. The van der Waals surface area contributed by atoms with Gasteiger partial charge in [0.2, 0.25) is 0 Å². The van der Waals surface area contributed by atoms with Crippen LogP contribution in [0.15, 0.2) is 24.4 Å². The van der Waals surface area contributed by atoms with Gasteiger partial charge in [-0.05, 0) is 18.2 Å². The van der Waals surface area contributed by atoms with Crippen LogP contribution in [0.3, 0.4) is 0 Å². The zero-order valence-corrected chi connectivity index (χ0v) is 11.9. The number of hydrogen-bond acceptors (Lipinski definition) is 4. The fraction of sp³-hybridized carbons (Fsp3) is 0.167. The maximum absolute atomic E-state index is 12.7. The minimum Gasteiger partial charge on any atom is -0.325 e. The average Bonchev–Trinajstić information content (AvgIpc) is 2.88. The van der Waals surface area contributed by atoms with E-state index in [9.17, 15) is 18.0 Å². The first-order valence-electron chi connectivity index (χ1n) is 5.64. The number of carbonyl (C=O) groups excluding carboxylic acids is 1. The normalized spacial score (nSPS) is 11.5. The minimum atomic E-state index is -4.59. The Hall–Kier alpha value is -1.64. The standard InChI is InChI=1S/C12H9ClF3N3OS/c13-8-2-1-6(3-7(8)12(14,15)16)19-11(20)9-5-18-10(4-17)21-9/h1-3,5H,4,17H2,(H,19,20). The second kappa shape index (κ2) is 6.00. The molecule has 112 valence electrons. The maximum Gasteiger partial charge on any atom is 0.417 e. The number of nitrogens with two attached hydrogens (primary N) is 1. The Morgan fingerprint density at radius 2 is 2.14 bits per heavy atom. The first-order chi connectivity index (χ1) is 9.81. The van der Waals surface area contributed by atoms with E-state index in [-0.39, 0.29) is 17.1 Å². The van der Waals surface area contributed by atoms with E-state index in [1.807, 2.05) is 0 Å². The highest BCUT2D eigenvalue weighted by molar-refractivity contribution is 7.13. The highest BCUT2D eigenvalue weighted by atomic mass is 35.5. The van der Waals surface area contributed by atoms with Crippen molar-refractivity contribution in [3.05, 3.63) is 44.9 Å². The molecule has 21 heavy (non-hydrogen) atoms. The number of hydrogen-bond donors (Lipinski definition) is 2. The molecule has 4 nitrogen and oxygen atoms in total. The minimum absolute atomic E-state index is 0.000534. The lowest BCUT2D eigenvalue weighted by Gasteiger charge is -2.11. The van der Waals surface area contributed by atoms with Crippen LogP contribution in [-0.2, 0) is 12.7 Å². The highest BCUT2D eigenvalue weighted by Crippen LogP contribution is 2.36. The highest BCUT2D eigenvalue weighted by Gasteiger charge is 2.33. The Bertz CT molecular complexity index is 672. The Morgan fingerprint density at radius 3 is 2.71 bits per heavy atom. The molecule has 2 aromatic rings. The van der Waals surface area contributed by atoms with E-state index in [1.54, 1.807) is 0 Å². The first kappa shape index (κ1) is 15.7. The molecular weight excluding hydrogens is 327 g/mol. The van der Waals surface area contributed by atoms with Crippen LogP contribution in [0.4, 0.5) is 18.9 Å². The Balaban J connectivity index is 2.21. The number of benzene rings is 1. The van der Waals surface area contributed by atoms with E-state index in [0.29, 0.717) is 5.01 Å². The molecule has 0 saturated heterocycles. The van der Waals surface area contributed by atoms with Gasteiger partial charge < -0.3 is 11.1 Å². The number of rotatable bonds is 3. The molecule has 0 saturated carbocycles. The van der Waals surface area contributed by atoms with Crippen molar-refractivity contribution in [3.8, 4) is 0 Å². The number of aromatic nitrogens is 1. The maximum atomic E-state index is 12.7. The average molecular weight is 336 g/mol. The zero-order chi connectivity index (χ0) is 15.6. The Labute approximate surface area is 126 Å². The Morgan fingerprint density at radius 1 is 1.43 bits per heavy atom. The molecule has 0 spiro atoms. The number of nitrogens with zero attached hydrogens (tertiary/aromatic N) is 1. The monoisotopic (exact) mass is 335 g/mol. The lowest BCUT2D eigenvalue weighted by Crippen LogP contribution is -2.12. The number of carbonyl (C=O) groups is 1. The van der Waals surface area contributed by atoms with Crippen LogP contribution in [0.5, 0.6) is 0 Å². The van der Waals surface area contributed by atoms with Crippen molar-refractivity contribution in [3.63, 3.8) is 0 Å². The molecule has 0 bridgehead atoms. The topological polar surface area (TPSA) is 68.0 Å². The molecule has 9 heteroatoms. The second-order valence-electron chi connectivity index (χ2n) is 3.97. The molecule has 0 unspecified atom stereocenters. The number of amides is 1. The van der Waals surface area contributed by atoms with E-state index in [1.165, 1.54) is 12.3 Å². The van der Waals surface area contributed by atoms with Crippen molar-refractivity contribution >= 4 is 34.5 Å². The van der Waals surface area contributed by atoms with Crippen molar-refractivity contribution in [1.29, 1.82) is 0 Å². The summed E-state index contributed by atoms with van der Waals surface area (Å²) in [5.74, 6) is -0.553. The van der Waals surface area contributed by atoms with Crippen molar-refractivity contribution in [2.24, 2.45) is 5.73 Å². The SMILES string of the molecule is NCc1ncc(C(=O)Nc2ccc(Cl)c(C(F)(F)F)c2)s1. The number of thiazole rings is 1. The fourth-order valence-corrected chi connectivity index (χ4v) is 2.44. The zero-order valence-electron chi connectivity index (χ0n) is 10.4. The van der Waals surface area contributed by atoms with Gasteiger partial charge in [0, 0.05) is 12.2 Å². The van der Waals surface area contributed by atoms with Crippen molar-refractivity contribution in [2.75, 3.05) is 5.32 Å². The molecule has 2 rings (SSSR count). The van der Waals surface area contributed by atoms with Crippen LogP contribution in [0.25, 0.3) is 0 Å². The predicted octanol–water partition coefficient (Wildman–Crippen LogP) is 3.53. The number of anilines is 1. The third-order valence-corrected chi connectivity index (χ3v) is 3.83. The van der Waals surface area contributed by atoms with E-state index in [4.69, 9.17) is 17.3 Å². The quantitative estimate of drug-likeness (QED) is 0.901. The summed E-state index contributed by atoms with van der Waals surface area (Å²) >= 11 is 6.58. The van der Waals surface area contributed by atoms with Gasteiger partial charge in [0.25, 0.3) is 5.91 Å². The second-order valence-corrected chi connectivity index (χ2v) is 5.49. The van der Waals surface area contributed by atoms with E-state index in [0.717, 1.165) is 23.5 Å². The van der Waals surface area contributed by atoms with Crippen LogP contribution >= 0.6 is 22.9 Å². The summed E-state index contributed by atoms with van der Waals surface area (Å²) in [5, 5.41) is 2.50. The van der Waals surface area contributed by atoms with Gasteiger partial charge in [-0.25, -0.2) is 4.98 Å². The van der Waals surface area contributed by atoms with Crippen molar-refractivity contribution < 1.29 is 18.0 Å². The van der Waals surface area contributed by atoms with Crippen molar-refractivity contribution in [1.82, 2.24) is 4.98 Å². The van der Waals surface area contributed by atoms with Gasteiger partial charge in [-0.15, -0.1) is 11.3 Å². The number of nitrogens with one attached hydrogen (secondary N) is 1. The largest absolute Gasteiger partial charge is 0.417 e. The number of halogens is 4. The third-order valence-electron chi connectivity index (χ3n) is 2.48. The summed E-state index contributed by atoms with van der Waals surface area (Å²) in [4.78, 5) is 16.1. The van der Waals surface area contributed by atoms with Crippen LogP contribution in [-0.4, -0.2) is 10.9 Å². The molecule has 1 heterocycles. The summed E-state index contributed by atoms with van der Waals surface area (Å²) in [6.07, 6.45) is -3.27. The summed E-state index contributed by atoms with van der Waals surface area (Å²) < 4.78 is 38.2. The van der Waals surface area contributed by atoms with Gasteiger partial charge in [0.1, 0.15) is 9.88 Å². The molecule has 0 aliphatic rings. The molecule has 1 aromatic carbocycles. The van der Waals surface area contributed by atoms with Crippen LogP contribution in [0.2, 0.25) is 5.02 Å². The molecule has 0 fully saturated rings. The molecule has 1 amide bonds. The Kier molecular flexibility index (Phi) is 4.50. The van der Waals surface area contributed by atoms with Gasteiger partial charge >= 0.3 is 6.18 Å². The van der Waals surface area contributed by atoms with E-state index >= 15 is 0 Å². The predicted molar refractivity (Wildman–Crippen MR) is 74.4 cm³/mol. The van der Waals surface area contributed by atoms with Gasteiger partial charge in [0.05, 0.1) is 16.8 Å². The first-order valence-corrected chi connectivity index (χ1v) is 6.83. The van der Waals surface area contributed by atoms with Crippen LogP contribution in [0.1, 0.15) is 20.2 Å². The van der Waals surface area contributed by atoms with E-state index < -0.39 is 22.7 Å². The molecule has 3 N–H and O–H groups in total. The van der Waals surface area contributed by atoms with Gasteiger partial charge in [-0.1, -0.05) is 11.6 Å². The third kappa shape index (κ3) is 3.72. The van der Waals surface area contributed by atoms with Gasteiger partial charge in [0.15, 0.2) is 0 Å². The van der Waals surface area contributed by atoms with Gasteiger partial charge in [-0.2, -0.15) is 13.2 Å². The molecular formula is C12H9ClF3N3OS. The molecule has 1 aromatic heterocycles. The van der Waals surface area contributed by atoms with Crippen LogP contribution < -0.4 is 11.1 Å². The fourth-order valence-electron chi connectivity index (χ4n) is 1.52. The summed E-state index contributed by atoms with van der Waals surface area (Å²) in [6, 6.07) is 3.16. The summed E-state index contributed by atoms with van der Waals surface area (Å²) in [7, 11) is 0. The van der Waals surface area contributed by atoms with Gasteiger partial charge in [-0.3, -0.25) is 4.79 Å².